The quantitative estimate of drug-likeness (QED) is 0.867. The summed E-state index contributed by atoms with van der Waals surface area (Å²) >= 11 is 0. The van der Waals surface area contributed by atoms with Gasteiger partial charge in [0, 0.05) is 0 Å². The summed E-state index contributed by atoms with van der Waals surface area (Å²) in [6, 6.07) is 5.99. The first-order valence-electron chi connectivity index (χ1n) is 6.85. The maximum atomic E-state index is 11.5. The van der Waals surface area contributed by atoms with Gasteiger partial charge in [-0.25, -0.2) is 8.42 Å². The molecule has 0 spiro atoms. The highest BCUT2D eigenvalue weighted by Crippen LogP contribution is 2.43. The lowest BCUT2D eigenvalue weighted by Gasteiger charge is -2.38. The fraction of sp³-hybridized carbons (Fsp3) is 0.571. The Balaban J connectivity index is 2.04. The van der Waals surface area contributed by atoms with Crippen LogP contribution in [0.3, 0.4) is 0 Å². The van der Waals surface area contributed by atoms with E-state index in [-0.39, 0.29) is 0 Å². The minimum Gasteiger partial charge on any atom is -0.316 e. The van der Waals surface area contributed by atoms with Crippen LogP contribution < -0.4 is 10.0 Å². The molecule has 1 aromatic rings. The summed E-state index contributed by atoms with van der Waals surface area (Å²) in [5.41, 5.74) is 3.35. The summed E-state index contributed by atoms with van der Waals surface area (Å²) in [7, 11) is -3.21. The second-order valence-corrected chi connectivity index (χ2v) is 7.40. The van der Waals surface area contributed by atoms with Crippen LogP contribution in [0.5, 0.6) is 0 Å². The van der Waals surface area contributed by atoms with E-state index in [1.165, 1.54) is 23.8 Å². The van der Waals surface area contributed by atoms with Crippen molar-refractivity contribution in [2.45, 2.75) is 25.2 Å². The number of sulfonamides is 1. The highest BCUT2D eigenvalue weighted by atomic mass is 32.2. The fourth-order valence-electron chi connectivity index (χ4n) is 3.50. The average Bonchev–Trinajstić information content (AvgIpc) is 2.37. The van der Waals surface area contributed by atoms with E-state index in [1.807, 2.05) is 12.1 Å². The summed E-state index contributed by atoms with van der Waals surface area (Å²) in [5, 5.41) is 3.44. The molecule has 1 heterocycles. The van der Waals surface area contributed by atoms with Gasteiger partial charge >= 0.3 is 0 Å². The predicted octanol–water partition coefficient (Wildman–Crippen LogP) is 1.70. The Morgan fingerprint density at radius 1 is 1.32 bits per heavy atom. The molecule has 2 N–H and O–H groups in total. The van der Waals surface area contributed by atoms with Crippen LogP contribution in [0.2, 0.25) is 0 Å². The van der Waals surface area contributed by atoms with E-state index in [0.717, 1.165) is 31.6 Å². The van der Waals surface area contributed by atoms with Gasteiger partial charge in [-0.05, 0) is 61.4 Å². The van der Waals surface area contributed by atoms with Crippen molar-refractivity contribution < 1.29 is 8.42 Å². The minimum absolute atomic E-state index is 0.496. The third kappa shape index (κ3) is 2.62. The number of benzene rings is 1. The highest BCUT2D eigenvalue weighted by molar-refractivity contribution is 7.92. The molecule has 0 bridgehead atoms. The summed E-state index contributed by atoms with van der Waals surface area (Å²) in [4.78, 5) is 0. The lowest BCUT2D eigenvalue weighted by Crippen LogP contribution is -2.38. The number of anilines is 1. The van der Waals surface area contributed by atoms with Crippen molar-refractivity contribution in [3.8, 4) is 0 Å². The van der Waals surface area contributed by atoms with Gasteiger partial charge in [0.15, 0.2) is 0 Å². The number of piperidine rings is 1. The van der Waals surface area contributed by atoms with E-state index in [2.05, 4.69) is 16.1 Å². The topological polar surface area (TPSA) is 58.2 Å². The zero-order chi connectivity index (χ0) is 13.5. The van der Waals surface area contributed by atoms with Crippen LogP contribution in [0.4, 0.5) is 5.69 Å². The highest BCUT2D eigenvalue weighted by Gasteiger charge is 2.33. The molecule has 19 heavy (non-hydrogen) atoms. The maximum Gasteiger partial charge on any atom is 0.229 e. The maximum absolute atomic E-state index is 11.5. The second kappa shape index (κ2) is 4.80. The third-order valence-corrected chi connectivity index (χ3v) is 4.85. The summed E-state index contributed by atoms with van der Waals surface area (Å²) in [6.45, 7) is 2.07. The van der Waals surface area contributed by atoms with E-state index in [0.29, 0.717) is 11.8 Å². The van der Waals surface area contributed by atoms with Gasteiger partial charge in [0.2, 0.25) is 10.0 Å². The van der Waals surface area contributed by atoms with E-state index < -0.39 is 10.0 Å². The zero-order valence-electron chi connectivity index (χ0n) is 11.1. The van der Waals surface area contributed by atoms with Gasteiger partial charge in [-0.2, -0.15) is 0 Å². The number of hydrogen-bond acceptors (Lipinski definition) is 3. The molecule has 0 amide bonds. The number of aryl methyl sites for hydroxylation is 1. The molecule has 1 saturated heterocycles. The van der Waals surface area contributed by atoms with Crippen molar-refractivity contribution in [2.75, 3.05) is 24.1 Å². The van der Waals surface area contributed by atoms with Crippen LogP contribution in [0.25, 0.3) is 0 Å². The summed E-state index contributed by atoms with van der Waals surface area (Å²) in [6.07, 6.45) is 4.57. The molecule has 2 aliphatic rings. The third-order valence-electron chi connectivity index (χ3n) is 4.25. The summed E-state index contributed by atoms with van der Waals surface area (Å²) in [5.74, 6) is 1.14. The molecule has 2 unspecified atom stereocenters. The number of nitrogens with one attached hydrogen (secondary N) is 2. The molecule has 0 radical (unpaired) electrons. The van der Waals surface area contributed by atoms with Crippen LogP contribution in [0.1, 0.15) is 29.9 Å². The minimum atomic E-state index is -3.21. The Labute approximate surface area is 114 Å². The largest absolute Gasteiger partial charge is 0.316 e. The van der Waals surface area contributed by atoms with E-state index in [4.69, 9.17) is 0 Å². The first-order chi connectivity index (χ1) is 9.04. The molecule has 0 aromatic heterocycles. The van der Waals surface area contributed by atoms with Crippen LogP contribution in [-0.2, 0) is 16.4 Å². The van der Waals surface area contributed by atoms with Gasteiger partial charge in [-0.1, -0.05) is 12.1 Å². The van der Waals surface area contributed by atoms with Gasteiger partial charge in [-0.3, -0.25) is 4.72 Å². The molecular formula is C14H20N2O2S. The fourth-order valence-corrected chi connectivity index (χ4v) is 4.08. The average molecular weight is 280 g/mol. The van der Waals surface area contributed by atoms with Crippen LogP contribution in [-0.4, -0.2) is 27.8 Å². The van der Waals surface area contributed by atoms with E-state index in [1.54, 1.807) is 0 Å². The second-order valence-electron chi connectivity index (χ2n) is 5.65. The molecule has 1 aliphatic heterocycles. The standard InChI is InChI=1S/C14H20N2O2S/c1-19(17,18)16-13-4-2-3-10-5-6-11-9-15-8-7-12(11)14(10)13/h2-4,11-12,15-16H,5-9H2,1H3. The van der Waals surface area contributed by atoms with Crippen LogP contribution >= 0.6 is 0 Å². The Kier molecular flexibility index (Phi) is 3.27. The first kappa shape index (κ1) is 12.9. The summed E-state index contributed by atoms with van der Waals surface area (Å²) < 4.78 is 25.7. The molecule has 0 saturated carbocycles. The number of hydrogen-bond donors (Lipinski definition) is 2. The Morgan fingerprint density at radius 2 is 2.16 bits per heavy atom. The SMILES string of the molecule is CS(=O)(=O)Nc1cccc2c1C1CCNCC1CC2. The predicted molar refractivity (Wildman–Crippen MR) is 76.9 cm³/mol. The van der Waals surface area contributed by atoms with Gasteiger partial charge in [0.25, 0.3) is 0 Å². The van der Waals surface area contributed by atoms with Crippen molar-refractivity contribution in [2.24, 2.45) is 5.92 Å². The van der Waals surface area contributed by atoms with Gasteiger partial charge in [0.1, 0.15) is 0 Å². The molecule has 1 aromatic carbocycles. The van der Waals surface area contributed by atoms with Gasteiger partial charge in [0.05, 0.1) is 11.9 Å². The van der Waals surface area contributed by atoms with E-state index in [9.17, 15) is 8.42 Å². The lowest BCUT2D eigenvalue weighted by molar-refractivity contribution is 0.294. The van der Waals surface area contributed by atoms with Crippen LogP contribution in [0.15, 0.2) is 18.2 Å². The van der Waals surface area contributed by atoms with Crippen molar-refractivity contribution in [1.82, 2.24) is 5.32 Å². The van der Waals surface area contributed by atoms with Gasteiger partial charge in [-0.15, -0.1) is 0 Å². The Morgan fingerprint density at radius 3 is 2.95 bits per heavy atom. The molecule has 5 heteroatoms. The molecule has 1 fully saturated rings. The molecule has 3 rings (SSSR count). The van der Waals surface area contributed by atoms with E-state index >= 15 is 0 Å². The van der Waals surface area contributed by atoms with Crippen molar-refractivity contribution in [3.05, 3.63) is 29.3 Å². The Hall–Kier alpha value is -1.07. The van der Waals surface area contributed by atoms with Crippen molar-refractivity contribution in [1.29, 1.82) is 0 Å². The van der Waals surface area contributed by atoms with Crippen molar-refractivity contribution in [3.63, 3.8) is 0 Å². The number of fused-ring (bicyclic) bond motifs is 3. The Bertz CT molecular complexity index is 583. The normalized spacial score (nSPS) is 26.4. The number of rotatable bonds is 2. The van der Waals surface area contributed by atoms with Crippen molar-refractivity contribution >= 4 is 15.7 Å². The monoisotopic (exact) mass is 280 g/mol. The molecule has 2 atom stereocenters. The molecule has 1 aliphatic carbocycles. The molecule has 4 nitrogen and oxygen atoms in total. The first-order valence-corrected chi connectivity index (χ1v) is 8.74. The lowest BCUT2D eigenvalue weighted by atomic mass is 9.71. The zero-order valence-corrected chi connectivity index (χ0v) is 12.0. The smallest absolute Gasteiger partial charge is 0.229 e. The molecular weight excluding hydrogens is 260 g/mol. The molecule has 104 valence electrons. The van der Waals surface area contributed by atoms with Crippen LogP contribution in [0, 0.1) is 5.92 Å². The van der Waals surface area contributed by atoms with Gasteiger partial charge < -0.3 is 5.32 Å².